The van der Waals surface area contributed by atoms with Crippen LogP contribution in [0.2, 0.25) is 0 Å². The molecule has 1 N–H and O–H groups in total. The number of benzene rings is 1. The Balaban J connectivity index is 1.57. The van der Waals surface area contributed by atoms with Crippen LogP contribution >= 0.6 is 11.3 Å². The van der Waals surface area contributed by atoms with Crippen molar-refractivity contribution < 1.29 is 4.74 Å². The number of nitrogens with one attached hydrogen (secondary N) is 1. The Morgan fingerprint density at radius 2 is 2.15 bits per heavy atom. The van der Waals surface area contributed by atoms with Gasteiger partial charge in [0, 0.05) is 18.8 Å². The third-order valence-corrected chi connectivity index (χ3v) is 6.13. The van der Waals surface area contributed by atoms with Crippen LogP contribution in [0.5, 0.6) is 5.75 Å². The SMILES string of the molecule is COc1ccc2nc(CN(Cc3ccccn3)C3CCCNCC3)sc2c1. The van der Waals surface area contributed by atoms with Crippen LogP contribution in [-0.4, -0.2) is 41.1 Å². The molecule has 1 fully saturated rings. The molecule has 0 amide bonds. The standard InChI is InChI=1S/C21H26N4OS/c1-26-18-7-8-19-20(13-18)27-21(24-19)15-25(14-16-5-2-3-11-23-16)17-6-4-10-22-12-9-17/h2-3,5,7-8,11,13,17,22H,4,6,9-10,12,14-15H2,1H3. The van der Waals surface area contributed by atoms with Gasteiger partial charge >= 0.3 is 0 Å². The Morgan fingerprint density at radius 1 is 1.19 bits per heavy atom. The van der Waals surface area contributed by atoms with Crippen molar-refractivity contribution in [1.29, 1.82) is 0 Å². The van der Waals surface area contributed by atoms with Crippen LogP contribution in [0.4, 0.5) is 0 Å². The molecule has 27 heavy (non-hydrogen) atoms. The fraction of sp³-hybridized carbons (Fsp3) is 0.429. The van der Waals surface area contributed by atoms with E-state index in [0.29, 0.717) is 6.04 Å². The summed E-state index contributed by atoms with van der Waals surface area (Å²) in [7, 11) is 1.71. The largest absolute Gasteiger partial charge is 0.497 e. The van der Waals surface area contributed by atoms with Gasteiger partial charge in [0.05, 0.1) is 29.6 Å². The summed E-state index contributed by atoms with van der Waals surface area (Å²) >= 11 is 1.77. The topological polar surface area (TPSA) is 50.3 Å². The van der Waals surface area contributed by atoms with Crippen LogP contribution in [-0.2, 0) is 13.1 Å². The third-order valence-electron chi connectivity index (χ3n) is 5.13. The van der Waals surface area contributed by atoms with E-state index >= 15 is 0 Å². The van der Waals surface area contributed by atoms with Gasteiger partial charge in [0.25, 0.3) is 0 Å². The number of hydrogen-bond donors (Lipinski definition) is 1. The highest BCUT2D eigenvalue weighted by molar-refractivity contribution is 7.18. The van der Waals surface area contributed by atoms with Gasteiger partial charge in [-0.3, -0.25) is 9.88 Å². The average Bonchev–Trinajstić information content (AvgIpc) is 2.90. The molecule has 3 aromatic rings. The molecular formula is C21H26N4OS. The van der Waals surface area contributed by atoms with Crippen molar-refractivity contribution in [3.63, 3.8) is 0 Å². The Bertz CT molecular complexity index is 859. The maximum absolute atomic E-state index is 5.35. The molecule has 3 heterocycles. The molecule has 142 valence electrons. The van der Waals surface area contributed by atoms with E-state index in [1.165, 1.54) is 24.0 Å². The Morgan fingerprint density at radius 3 is 3.00 bits per heavy atom. The van der Waals surface area contributed by atoms with E-state index in [2.05, 4.69) is 33.4 Å². The van der Waals surface area contributed by atoms with E-state index in [1.807, 2.05) is 24.4 Å². The lowest BCUT2D eigenvalue weighted by molar-refractivity contribution is 0.162. The van der Waals surface area contributed by atoms with E-state index in [0.717, 1.165) is 48.1 Å². The molecule has 1 atom stereocenters. The van der Waals surface area contributed by atoms with Gasteiger partial charge in [0.1, 0.15) is 10.8 Å². The van der Waals surface area contributed by atoms with Gasteiger partial charge in [-0.2, -0.15) is 0 Å². The number of nitrogens with zero attached hydrogens (tertiary/aromatic N) is 3. The molecule has 0 spiro atoms. The first-order valence-corrected chi connectivity index (χ1v) is 10.4. The van der Waals surface area contributed by atoms with Crippen molar-refractivity contribution in [2.24, 2.45) is 0 Å². The van der Waals surface area contributed by atoms with Gasteiger partial charge in [0.2, 0.25) is 0 Å². The number of fused-ring (bicyclic) bond motifs is 1. The first kappa shape index (κ1) is 18.3. The maximum Gasteiger partial charge on any atom is 0.120 e. The molecule has 1 unspecified atom stereocenters. The second kappa shape index (κ2) is 8.78. The zero-order valence-corrected chi connectivity index (χ0v) is 16.5. The predicted molar refractivity (Wildman–Crippen MR) is 110 cm³/mol. The van der Waals surface area contributed by atoms with E-state index < -0.39 is 0 Å². The molecule has 1 aliphatic heterocycles. The molecular weight excluding hydrogens is 356 g/mol. The van der Waals surface area contributed by atoms with Crippen molar-refractivity contribution >= 4 is 21.6 Å². The molecule has 0 bridgehead atoms. The van der Waals surface area contributed by atoms with E-state index in [9.17, 15) is 0 Å². The van der Waals surface area contributed by atoms with E-state index in [1.54, 1.807) is 18.4 Å². The van der Waals surface area contributed by atoms with E-state index in [4.69, 9.17) is 9.72 Å². The number of pyridine rings is 1. The average molecular weight is 383 g/mol. The van der Waals surface area contributed by atoms with E-state index in [-0.39, 0.29) is 0 Å². The highest BCUT2D eigenvalue weighted by atomic mass is 32.1. The number of thiazole rings is 1. The first-order valence-electron chi connectivity index (χ1n) is 9.60. The van der Waals surface area contributed by atoms with Crippen LogP contribution in [0.15, 0.2) is 42.6 Å². The highest BCUT2D eigenvalue weighted by Gasteiger charge is 2.22. The number of aromatic nitrogens is 2. The zero-order valence-electron chi connectivity index (χ0n) is 15.7. The zero-order chi connectivity index (χ0) is 18.5. The van der Waals surface area contributed by atoms with Crippen LogP contribution < -0.4 is 10.1 Å². The van der Waals surface area contributed by atoms with Crippen molar-refractivity contribution in [2.45, 2.75) is 38.4 Å². The summed E-state index contributed by atoms with van der Waals surface area (Å²) < 4.78 is 6.54. The summed E-state index contributed by atoms with van der Waals surface area (Å²) in [5, 5.41) is 4.68. The predicted octanol–water partition coefficient (Wildman–Crippen LogP) is 3.84. The van der Waals surface area contributed by atoms with Crippen molar-refractivity contribution in [3.8, 4) is 5.75 Å². The molecule has 1 aromatic carbocycles. The second-order valence-electron chi connectivity index (χ2n) is 7.00. The third kappa shape index (κ3) is 4.64. The second-order valence-corrected chi connectivity index (χ2v) is 8.12. The fourth-order valence-electron chi connectivity index (χ4n) is 3.70. The fourth-order valence-corrected chi connectivity index (χ4v) is 4.72. The molecule has 5 nitrogen and oxygen atoms in total. The smallest absolute Gasteiger partial charge is 0.120 e. The summed E-state index contributed by atoms with van der Waals surface area (Å²) in [5.74, 6) is 0.887. The number of ether oxygens (including phenoxy) is 1. The van der Waals surface area contributed by atoms with Crippen molar-refractivity contribution in [2.75, 3.05) is 20.2 Å². The van der Waals surface area contributed by atoms with Crippen molar-refractivity contribution in [1.82, 2.24) is 20.2 Å². The molecule has 4 rings (SSSR count). The first-order chi connectivity index (χ1) is 13.3. The summed E-state index contributed by atoms with van der Waals surface area (Å²) in [4.78, 5) is 12.0. The lowest BCUT2D eigenvalue weighted by Gasteiger charge is -2.30. The molecule has 0 aliphatic carbocycles. The van der Waals surface area contributed by atoms with Gasteiger partial charge in [-0.1, -0.05) is 6.07 Å². The molecule has 1 aliphatic rings. The molecule has 2 aromatic heterocycles. The van der Waals surface area contributed by atoms with Gasteiger partial charge < -0.3 is 10.1 Å². The van der Waals surface area contributed by atoms with Crippen LogP contribution in [0, 0.1) is 0 Å². The maximum atomic E-state index is 5.35. The Kier molecular flexibility index (Phi) is 5.97. The summed E-state index contributed by atoms with van der Waals surface area (Å²) in [6, 6.07) is 12.8. The number of hydrogen-bond acceptors (Lipinski definition) is 6. The minimum Gasteiger partial charge on any atom is -0.497 e. The van der Waals surface area contributed by atoms with Crippen LogP contribution in [0.3, 0.4) is 0 Å². The Hall–Kier alpha value is -2.02. The van der Waals surface area contributed by atoms with Crippen LogP contribution in [0.1, 0.15) is 30.0 Å². The summed E-state index contributed by atoms with van der Waals surface area (Å²) in [5.41, 5.74) is 2.17. The molecule has 1 saturated heterocycles. The van der Waals surface area contributed by atoms with Gasteiger partial charge in [0.15, 0.2) is 0 Å². The molecule has 6 heteroatoms. The van der Waals surface area contributed by atoms with Gasteiger partial charge in [-0.25, -0.2) is 4.98 Å². The lowest BCUT2D eigenvalue weighted by Crippen LogP contribution is -2.35. The molecule has 0 saturated carbocycles. The normalized spacial score (nSPS) is 17.9. The quantitative estimate of drug-likeness (QED) is 0.702. The number of rotatable bonds is 6. The monoisotopic (exact) mass is 382 g/mol. The lowest BCUT2D eigenvalue weighted by atomic mass is 10.1. The van der Waals surface area contributed by atoms with Gasteiger partial charge in [-0.05, 0) is 62.7 Å². The molecule has 0 radical (unpaired) electrons. The van der Waals surface area contributed by atoms with Crippen LogP contribution in [0.25, 0.3) is 10.2 Å². The Labute approximate surface area is 164 Å². The van der Waals surface area contributed by atoms with Crippen molar-refractivity contribution in [3.05, 3.63) is 53.3 Å². The minimum atomic E-state index is 0.559. The number of methoxy groups -OCH3 is 1. The highest BCUT2D eigenvalue weighted by Crippen LogP contribution is 2.28. The summed E-state index contributed by atoms with van der Waals surface area (Å²) in [6.07, 6.45) is 5.50. The van der Waals surface area contributed by atoms with Gasteiger partial charge in [-0.15, -0.1) is 11.3 Å². The summed E-state index contributed by atoms with van der Waals surface area (Å²) in [6.45, 7) is 3.93. The minimum absolute atomic E-state index is 0.559.